The van der Waals surface area contributed by atoms with E-state index in [2.05, 4.69) is 39.6 Å². The van der Waals surface area contributed by atoms with Crippen LogP contribution in [-0.2, 0) is 0 Å². The van der Waals surface area contributed by atoms with Gasteiger partial charge in [-0.3, -0.25) is 0 Å². The normalized spacial score (nSPS) is 12.2. The van der Waals surface area contributed by atoms with E-state index in [1.165, 1.54) is 122 Å². The Hall–Kier alpha value is -0.0400. The van der Waals surface area contributed by atoms with Crippen LogP contribution in [-0.4, -0.2) is 24.0 Å². The lowest BCUT2D eigenvalue weighted by molar-refractivity contribution is 0.100. The predicted molar refractivity (Wildman–Crippen MR) is 121 cm³/mol. The highest BCUT2D eigenvalue weighted by atomic mass is 15.2. The standard InChI is InChI=1S/C25H53N/c1-6-10-11-12-13-14-15-16-17-18-19-20-21-22-23-24-25(7-2,8-3)26(5)9-4/h6-24H2,1-5H3. The molecule has 0 aromatic carbocycles. The van der Waals surface area contributed by atoms with Crippen LogP contribution in [0.3, 0.4) is 0 Å². The summed E-state index contributed by atoms with van der Waals surface area (Å²) < 4.78 is 0. The number of nitrogens with zero attached hydrogens (tertiary/aromatic N) is 1. The molecular formula is C25H53N. The molecule has 0 aliphatic carbocycles. The molecule has 0 atom stereocenters. The minimum Gasteiger partial charge on any atom is -0.301 e. The van der Waals surface area contributed by atoms with Gasteiger partial charge in [0.05, 0.1) is 0 Å². The summed E-state index contributed by atoms with van der Waals surface area (Å²) in [5.74, 6) is 0. The minimum absolute atomic E-state index is 0.464. The number of unbranched alkanes of at least 4 members (excludes halogenated alkanes) is 14. The molecule has 0 bridgehead atoms. The Morgan fingerprint density at radius 3 is 1.15 bits per heavy atom. The van der Waals surface area contributed by atoms with Crippen molar-refractivity contribution in [1.82, 2.24) is 4.90 Å². The number of hydrogen-bond donors (Lipinski definition) is 0. The van der Waals surface area contributed by atoms with Gasteiger partial charge >= 0.3 is 0 Å². The quantitative estimate of drug-likeness (QED) is 0.194. The van der Waals surface area contributed by atoms with Crippen LogP contribution >= 0.6 is 0 Å². The maximum absolute atomic E-state index is 2.59. The van der Waals surface area contributed by atoms with Crippen LogP contribution in [0.2, 0.25) is 0 Å². The van der Waals surface area contributed by atoms with E-state index < -0.39 is 0 Å². The zero-order valence-corrected chi connectivity index (χ0v) is 19.4. The molecule has 0 N–H and O–H groups in total. The zero-order chi connectivity index (χ0) is 19.5. The van der Waals surface area contributed by atoms with E-state index in [4.69, 9.17) is 0 Å². The molecule has 0 saturated heterocycles. The topological polar surface area (TPSA) is 3.24 Å². The van der Waals surface area contributed by atoms with E-state index in [0.717, 1.165) is 0 Å². The second-order valence-corrected chi connectivity index (χ2v) is 8.65. The zero-order valence-electron chi connectivity index (χ0n) is 19.4. The first-order chi connectivity index (χ1) is 12.7. The Morgan fingerprint density at radius 2 is 0.846 bits per heavy atom. The van der Waals surface area contributed by atoms with Gasteiger partial charge in [0, 0.05) is 5.54 Å². The van der Waals surface area contributed by atoms with Gasteiger partial charge in [0.15, 0.2) is 0 Å². The Kier molecular flexibility index (Phi) is 18.3. The first-order valence-corrected chi connectivity index (χ1v) is 12.4. The Labute approximate surface area is 167 Å². The summed E-state index contributed by atoms with van der Waals surface area (Å²) in [5.41, 5.74) is 0.464. The fourth-order valence-electron chi connectivity index (χ4n) is 4.50. The van der Waals surface area contributed by atoms with Crippen molar-refractivity contribution >= 4 is 0 Å². The van der Waals surface area contributed by atoms with E-state index in [1.807, 2.05) is 0 Å². The molecule has 158 valence electrons. The highest BCUT2D eigenvalue weighted by molar-refractivity contribution is 4.86. The third kappa shape index (κ3) is 12.4. The van der Waals surface area contributed by atoms with Crippen molar-refractivity contribution in [1.29, 1.82) is 0 Å². The van der Waals surface area contributed by atoms with Gasteiger partial charge < -0.3 is 4.90 Å². The van der Waals surface area contributed by atoms with Crippen LogP contribution in [0.4, 0.5) is 0 Å². The average molecular weight is 368 g/mol. The lowest BCUT2D eigenvalue weighted by Crippen LogP contribution is -2.45. The summed E-state index contributed by atoms with van der Waals surface area (Å²) in [7, 11) is 2.32. The molecule has 0 aromatic heterocycles. The Bertz CT molecular complexity index is 269. The highest BCUT2D eigenvalue weighted by Crippen LogP contribution is 2.29. The molecule has 0 fully saturated rings. The monoisotopic (exact) mass is 367 g/mol. The van der Waals surface area contributed by atoms with Gasteiger partial charge in [0.25, 0.3) is 0 Å². The summed E-state index contributed by atoms with van der Waals surface area (Å²) in [5, 5.41) is 0. The SMILES string of the molecule is CCCCCCCCCCCCCCCCCC(CC)(CC)N(C)CC. The van der Waals surface area contributed by atoms with Crippen molar-refractivity contribution in [2.45, 2.75) is 149 Å². The maximum Gasteiger partial charge on any atom is 0.0201 e. The van der Waals surface area contributed by atoms with Crippen molar-refractivity contribution in [3.8, 4) is 0 Å². The smallest absolute Gasteiger partial charge is 0.0201 e. The second-order valence-electron chi connectivity index (χ2n) is 8.65. The third-order valence-corrected chi connectivity index (χ3v) is 6.85. The molecule has 0 heterocycles. The second kappa shape index (κ2) is 18.3. The first-order valence-electron chi connectivity index (χ1n) is 12.4. The van der Waals surface area contributed by atoms with Gasteiger partial charge in [-0.2, -0.15) is 0 Å². The number of hydrogen-bond acceptors (Lipinski definition) is 1. The highest BCUT2D eigenvalue weighted by Gasteiger charge is 2.28. The van der Waals surface area contributed by atoms with E-state index in [1.54, 1.807) is 0 Å². The predicted octanol–water partition coefficient (Wildman–Crippen LogP) is 8.76. The van der Waals surface area contributed by atoms with Crippen LogP contribution < -0.4 is 0 Å². The van der Waals surface area contributed by atoms with Crippen molar-refractivity contribution in [2.75, 3.05) is 13.6 Å². The summed E-state index contributed by atoms with van der Waals surface area (Å²) in [4.78, 5) is 2.59. The van der Waals surface area contributed by atoms with E-state index in [-0.39, 0.29) is 0 Å². The third-order valence-electron chi connectivity index (χ3n) is 6.85. The van der Waals surface area contributed by atoms with E-state index in [0.29, 0.717) is 5.54 Å². The molecule has 0 spiro atoms. The van der Waals surface area contributed by atoms with E-state index >= 15 is 0 Å². The molecule has 1 heteroatoms. The largest absolute Gasteiger partial charge is 0.301 e. The van der Waals surface area contributed by atoms with Gasteiger partial charge in [-0.25, -0.2) is 0 Å². The van der Waals surface area contributed by atoms with Crippen LogP contribution in [0.1, 0.15) is 143 Å². The Balaban J connectivity index is 3.43. The van der Waals surface area contributed by atoms with Crippen molar-refractivity contribution in [3.05, 3.63) is 0 Å². The van der Waals surface area contributed by atoms with Crippen LogP contribution in [0, 0.1) is 0 Å². The molecule has 1 nitrogen and oxygen atoms in total. The fourth-order valence-corrected chi connectivity index (χ4v) is 4.50. The first kappa shape index (κ1) is 26.0. The minimum atomic E-state index is 0.464. The van der Waals surface area contributed by atoms with E-state index in [9.17, 15) is 0 Å². The van der Waals surface area contributed by atoms with Gasteiger partial charge in [-0.15, -0.1) is 0 Å². The van der Waals surface area contributed by atoms with Gasteiger partial charge in [-0.05, 0) is 32.9 Å². The Morgan fingerprint density at radius 1 is 0.500 bits per heavy atom. The molecule has 0 aromatic rings. The molecule has 0 aliphatic rings. The van der Waals surface area contributed by atoms with Crippen LogP contribution in [0.5, 0.6) is 0 Å². The molecule has 0 aliphatic heterocycles. The lowest BCUT2D eigenvalue weighted by atomic mass is 9.85. The van der Waals surface area contributed by atoms with Gasteiger partial charge in [-0.1, -0.05) is 124 Å². The van der Waals surface area contributed by atoms with Crippen LogP contribution in [0.25, 0.3) is 0 Å². The van der Waals surface area contributed by atoms with Crippen molar-refractivity contribution in [3.63, 3.8) is 0 Å². The average Bonchev–Trinajstić information content (AvgIpc) is 2.67. The lowest BCUT2D eigenvalue weighted by Gasteiger charge is -2.41. The summed E-state index contributed by atoms with van der Waals surface area (Å²) >= 11 is 0. The maximum atomic E-state index is 2.59. The summed E-state index contributed by atoms with van der Waals surface area (Å²) in [6.07, 6.45) is 25.8. The van der Waals surface area contributed by atoms with Crippen molar-refractivity contribution in [2.24, 2.45) is 0 Å². The van der Waals surface area contributed by atoms with Crippen LogP contribution in [0.15, 0.2) is 0 Å². The molecule has 26 heavy (non-hydrogen) atoms. The molecule has 0 rings (SSSR count). The van der Waals surface area contributed by atoms with Crippen molar-refractivity contribution < 1.29 is 0 Å². The molecule has 0 radical (unpaired) electrons. The molecular weight excluding hydrogens is 314 g/mol. The fraction of sp³-hybridized carbons (Fsp3) is 1.00. The number of rotatable bonds is 20. The summed E-state index contributed by atoms with van der Waals surface area (Å²) in [6, 6.07) is 0. The van der Waals surface area contributed by atoms with Gasteiger partial charge in [0.2, 0.25) is 0 Å². The van der Waals surface area contributed by atoms with Gasteiger partial charge in [0.1, 0.15) is 0 Å². The molecule has 0 unspecified atom stereocenters. The summed E-state index contributed by atoms with van der Waals surface area (Å²) in [6.45, 7) is 10.5. The molecule has 0 amide bonds. The molecule has 0 saturated carbocycles.